The average molecular weight is 299 g/mol. The molecule has 2 aromatic carbocycles. The van der Waals surface area contributed by atoms with Crippen LogP contribution in [0.15, 0.2) is 54.6 Å². The SMILES string of the molecule is CCN(CCOC(=O)Oc1ccccc1)c1cccc(C)c1. The highest BCUT2D eigenvalue weighted by atomic mass is 16.7. The number of benzene rings is 2. The predicted molar refractivity (Wildman–Crippen MR) is 87.5 cm³/mol. The van der Waals surface area contributed by atoms with E-state index in [2.05, 4.69) is 36.9 Å². The molecule has 4 heteroatoms. The molecule has 2 rings (SSSR count). The van der Waals surface area contributed by atoms with Crippen LogP contribution >= 0.6 is 0 Å². The quantitative estimate of drug-likeness (QED) is 0.596. The molecule has 0 radical (unpaired) electrons. The Bertz CT molecular complexity index is 598. The van der Waals surface area contributed by atoms with Crippen molar-refractivity contribution in [3.63, 3.8) is 0 Å². The van der Waals surface area contributed by atoms with Gasteiger partial charge in [0.15, 0.2) is 0 Å². The summed E-state index contributed by atoms with van der Waals surface area (Å²) >= 11 is 0. The lowest BCUT2D eigenvalue weighted by Gasteiger charge is -2.23. The molecule has 0 aromatic heterocycles. The number of ether oxygens (including phenoxy) is 2. The maximum absolute atomic E-state index is 11.6. The highest BCUT2D eigenvalue weighted by molar-refractivity contribution is 5.63. The first-order chi connectivity index (χ1) is 10.7. The molecule has 0 aliphatic heterocycles. The van der Waals surface area contributed by atoms with Crippen molar-refractivity contribution in [2.24, 2.45) is 0 Å². The zero-order chi connectivity index (χ0) is 15.8. The molecule has 0 aliphatic carbocycles. The van der Waals surface area contributed by atoms with Gasteiger partial charge in [0.25, 0.3) is 0 Å². The Balaban J connectivity index is 1.80. The van der Waals surface area contributed by atoms with Crippen molar-refractivity contribution in [2.45, 2.75) is 13.8 Å². The minimum absolute atomic E-state index is 0.285. The second-order valence-corrected chi connectivity index (χ2v) is 4.93. The first-order valence-electron chi connectivity index (χ1n) is 7.40. The molecule has 0 spiro atoms. The smallest absolute Gasteiger partial charge is 0.432 e. The number of carbonyl (C=O) groups excluding carboxylic acids is 1. The van der Waals surface area contributed by atoms with Crippen molar-refractivity contribution in [1.29, 1.82) is 0 Å². The van der Waals surface area contributed by atoms with Gasteiger partial charge in [0.1, 0.15) is 12.4 Å². The lowest BCUT2D eigenvalue weighted by molar-refractivity contribution is 0.101. The maximum atomic E-state index is 11.6. The number of anilines is 1. The summed E-state index contributed by atoms with van der Waals surface area (Å²) in [6.45, 7) is 5.90. The van der Waals surface area contributed by atoms with Crippen LogP contribution in [0, 0.1) is 6.92 Å². The second-order valence-electron chi connectivity index (χ2n) is 4.93. The van der Waals surface area contributed by atoms with Gasteiger partial charge in [0, 0.05) is 12.2 Å². The number of hydrogen-bond acceptors (Lipinski definition) is 4. The standard InChI is InChI=1S/C18H21NO3/c1-3-19(16-9-7-8-15(2)14-16)12-13-21-18(20)22-17-10-5-4-6-11-17/h4-11,14H,3,12-13H2,1-2H3. The lowest BCUT2D eigenvalue weighted by Crippen LogP contribution is -2.28. The van der Waals surface area contributed by atoms with E-state index in [1.165, 1.54) is 5.56 Å². The van der Waals surface area contributed by atoms with Crippen LogP contribution in [-0.2, 0) is 4.74 Å². The summed E-state index contributed by atoms with van der Waals surface area (Å²) in [7, 11) is 0. The Morgan fingerprint density at radius 2 is 1.86 bits per heavy atom. The van der Waals surface area contributed by atoms with Gasteiger partial charge in [-0.2, -0.15) is 0 Å². The number of likely N-dealkylation sites (N-methyl/N-ethyl adjacent to an activating group) is 1. The van der Waals surface area contributed by atoms with Crippen molar-refractivity contribution in [1.82, 2.24) is 0 Å². The zero-order valence-electron chi connectivity index (χ0n) is 13.0. The molecule has 0 unspecified atom stereocenters. The molecule has 116 valence electrons. The van der Waals surface area contributed by atoms with Crippen LogP contribution in [0.1, 0.15) is 12.5 Å². The molecule has 0 atom stereocenters. The molecule has 4 nitrogen and oxygen atoms in total. The summed E-state index contributed by atoms with van der Waals surface area (Å²) in [5.41, 5.74) is 2.34. The Morgan fingerprint density at radius 1 is 1.09 bits per heavy atom. The van der Waals surface area contributed by atoms with E-state index in [4.69, 9.17) is 9.47 Å². The fourth-order valence-electron chi connectivity index (χ4n) is 2.15. The van der Waals surface area contributed by atoms with E-state index >= 15 is 0 Å². The summed E-state index contributed by atoms with van der Waals surface area (Å²) in [4.78, 5) is 13.8. The van der Waals surface area contributed by atoms with Crippen LogP contribution < -0.4 is 9.64 Å². The van der Waals surface area contributed by atoms with E-state index in [1.54, 1.807) is 24.3 Å². The summed E-state index contributed by atoms with van der Waals surface area (Å²) in [5, 5.41) is 0. The third-order valence-corrected chi connectivity index (χ3v) is 3.27. The van der Waals surface area contributed by atoms with Crippen LogP contribution in [0.4, 0.5) is 10.5 Å². The minimum atomic E-state index is -0.675. The zero-order valence-corrected chi connectivity index (χ0v) is 13.0. The maximum Gasteiger partial charge on any atom is 0.513 e. The number of rotatable bonds is 6. The van der Waals surface area contributed by atoms with Gasteiger partial charge >= 0.3 is 6.16 Å². The monoisotopic (exact) mass is 299 g/mol. The first-order valence-corrected chi connectivity index (χ1v) is 7.40. The fraction of sp³-hybridized carbons (Fsp3) is 0.278. The number of carbonyl (C=O) groups is 1. The summed E-state index contributed by atoms with van der Waals surface area (Å²) < 4.78 is 10.2. The van der Waals surface area contributed by atoms with Gasteiger partial charge in [0.05, 0.1) is 6.54 Å². The Kier molecular flexibility index (Phi) is 5.83. The molecule has 0 bridgehead atoms. The van der Waals surface area contributed by atoms with Gasteiger partial charge in [-0.25, -0.2) is 4.79 Å². The average Bonchev–Trinajstić information content (AvgIpc) is 2.52. The van der Waals surface area contributed by atoms with Gasteiger partial charge in [-0.3, -0.25) is 0 Å². The van der Waals surface area contributed by atoms with Crippen molar-refractivity contribution in [3.8, 4) is 5.75 Å². The molecule has 0 heterocycles. The number of para-hydroxylation sites is 1. The van der Waals surface area contributed by atoms with Crippen molar-refractivity contribution < 1.29 is 14.3 Å². The molecule has 0 aliphatic rings. The van der Waals surface area contributed by atoms with E-state index in [0.29, 0.717) is 12.3 Å². The Hall–Kier alpha value is -2.49. The third kappa shape index (κ3) is 4.81. The minimum Gasteiger partial charge on any atom is -0.432 e. The van der Waals surface area contributed by atoms with Gasteiger partial charge in [0.2, 0.25) is 0 Å². The predicted octanol–water partition coefficient (Wildman–Crippen LogP) is 4.04. The second kappa shape index (κ2) is 8.08. The molecule has 0 saturated heterocycles. The molecular weight excluding hydrogens is 278 g/mol. The van der Waals surface area contributed by atoms with Gasteiger partial charge in [-0.15, -0.1) is 0 Å². The number of hydrogen-bond donors (Lipinski definition) is 0. The van der Waals surface area contributed by atoms with Crippen molar-refractivity contribution in [3.05, 3.63) is 60.2 Å². The first kappa shape index (κ1) is 15.9. The van der Waals surface area contributed by atoms with Crippen LogP contribution in [0.25, 0.3) is 0 Å². The largest absolute Gasteiger partial charge is 0.513 e. The van der Waals surface area contributed by atoms with Crippen LogP contribution in [-0.4, -0.2) is 25.9 Å². The highest BCUT2D eigenvalue weighted by Crippen LogP contribution is 2.15. The van der Waals surface area contributed by atoms with Crippen LogP contribution in [0.2, 0.25) is 0 Å². The third-order valence-electron chi connectivity index (χ3n) is 3.27. The van der Waals surface area contributed by atoms with E-state index < -0.39 is 6.16 Å². The fourth-order valence-corrected chi connectivity index (χ4v) is 2.15. The normalized spacial score (nSPS) is 10.1. The molecular formula is C18H21NO3. The van der Waals surface area contributed by atoms with Gasteiger partial charge < -0.3 is 14.4 Å². The lowest BCUT2D eigenvalue weighted by atomic mass is 10.2. The summed E-state index contributed by atoms with van der Waals surface area (Å²) in [6.07, 6.45) is -0.675. The van der Waals surface area contributed by atoms with Gasteiger partial charge in [-0.1, -0.05) is 30.3 Å². The highest BCUT2D eigenvalue weighted by Gasteiger charge is 2.08. The Labute approximate surface area is 131 Å². The Morgan fingerprint density at radius 3 is 2.55 bits per heavy atom. The number of nitrogens with zero attached hydrogens (tertiary/aromatic N) is 1. The molecule has 2 aromatic rings. The molecule has 0 saturated carbocycles. The van der Waals surface area contributed by atoms with E-state index in [9.17, 15) is 4.79 Å². The summed E-state index contributed by atoms with van der Waals surface area (Å²) in [5.74, 6) is 0.485. The van der Waals surface area contributed by atoms with Crippen LogP contribution in [0.3, 0.4) is 0 Å². The summed E-state index contributed by atoms with van der Waals surface area (Å²) in [6, 6.07) is 17.2. The van der Waals surface area contributed by atoms with E-state index in [-0.39, 0.29) is 6.61 Å². The molecule has 0 amide bonds. The molecule has 0 N–H and O–H groups in total. The van der Waals surface area contributed by atoms with E-state index in [0.717, 1.165) is 12.2 Å². The topological polar surface area (TPSA) is 38.8 Å². The molecule has 0 fully saturated rings. The van der Waals surface area contributed by atoms with Gasteiger partial charge in [-0.05, 0) is 43.7 Å². The van der Waals surface area contributed by atoms with E-state index in [1.807, 2.05) is 12.1 Å². The number of aryl methyl sites for hydroxylation is 1. The molecule has 22 heavy (non-hydrogen) atoms. The van der Waals surface area contributed by atoms with Crippen molar-refractivity contribution in [2.75, 3.05) is 24.6 Å². The van der Waals surface area contributed by atoms with Crippen molar-refractivity contribution >= 4 is 11.8 Å². The van der Waals surface area contributed by atoms with Crippen LogP contribution in [0.5, 0.6) is 5.75 Å².